The molecule has 0 saturated heterocycles. The molecule has 0 saturated carbocycles. The minimum Gasteiger partial charge on any atom is -0.414 e. The maximum atomic E-state index is 13.8. The first-order valence-corrected chi connectivity index (χ1v) is 7.13. The zero-order chi connectivity index (χ0) is 14.4. The molecule has 4 rings (SSSR count). The summed E-state index contributed by atoms with van der Waals surface area (Å²) in [7, 11) is 0. The van der Waals surface area contributed by atoms with Crippen molar-refractivity contribution < 1.29 is 8.81 Å². The number of halogens is 1. The summed E-state index contributed by atoms with van der Waals surface area (Å²) in [4.78, 5) is 5.28. The highest BCUT2D eigenvalue weighted by atomic mass is 32.1. The molecule has 5 nitrogen and oxygen atoms in total. The highest BCUT2D eigenvalue weighted by Crippen LogP contribution is 2.29. The van der Waals surface area contributed by atoms with E-state index in [1.165, 1.54) is 17.4 Å². The Morgan fingerprint density at radius 1 is 1.19 bits per heavy atom. The van der Waals surface area contributed by atoms with Gasteiger partial charge in [-0.25, -0.2) is 9.37 Å². The molecule has 0 aliphatic heterocycles. The van der Waals surface area contributed by atoms with Crippen molar-refractivity contribution in [3.63, 3.8) is 0 Å². The van der Waals surface area contributed by atoms with Crippen molar-refractivity contribution in [2.45, 2.75) is 6.92 Å². The Labute approximate surface area is 122 Å². The van der Waals surface area contributed by atoms with Crippen molar-refractivity contribution in [2.75, 3.05) is 0 Å². The van der Waals surface area contributed by atoms with E-state index in [0.29, 0.717) is 11.5 Å². The number of fused-ring (bicyclic) bond motifs is 1. The zero-order valence-electron chi connectivity index (χ0n) is 10.9. The van der Waals surface area contributed by atoms with Gasteiger partial charge in [0.1, 0.15) is 11.5 Å². The Bertz CT molecular complexity index is 939. The lowest BCUT2D eigenvalue weighted by Crippen LogP contribution is -1.86. The van der Waals surface area contributed by atoms with Crippen LogP contribution in [0.5, 0.6) is 0 Å². The van der Waals surface area contributed by atoms with Crippen molar-refractivity contribution in [3.8, 4) is 23.0 Å². The van der Waals surface area contributed by atoms with E-state index in [0.717, 1.165) is 16.3 Å². The number of nitrogens with zero attached hydrogens (tertiary/aromatic N) is 4. The standard InChI is InChI=1S/C14H9FN4OS/c1-8-11(19-6-7-21-14(19)16-8)13-18-17-12(20-13)9-4-2-3-5-10(9)15/h2-7H,1H3. The average molecular weight is 300 g/mol. The topological polar surface area (TPSA) is 56.2 Å². The molecule has 4 aromatic rings. The zero-order valence-corrected chi connectivity index (χ0v) is 11.8. The molecule has 0 atom stereocenters. The molecule has 1 aromatic carbocycles. The summed E-state index contributed by atoms with van der Waals surface area (Å²) in [6.45, 7) is 1.88. The Kier molecular flexibility index (Phi) is 2.61. The van der Waals surface area contributed by atoms with E-state index in [1.54, 1.807) is 18.2 Å². The number of benzene rings is 1. The third-order valence-corrected chi connectivity index (χ3v) is 3.92. The number of imidazole rings is 1. The second-order valence-corrected chi connectivity index (χ2v) is 5.37. The Balaban J connectivity index is 1.87. The minimum absolute atomic E-state index is 0.160. The summed E-state index contributed by atoms with van der Waals surface area (Å²) in [6, 6.07) is 6.31. The summed E-state index contributed by atoms with van der Waals surface area (Å²) >= 11 is 1.52. The minimum atomic E-state index is -0.390. The lowest BCUT2D eigenvalue weighted by molar-refractivity contribution is 0.568. The van der Waals surface area contributed by atoms with Gasteiger partial charge in [0.05, 0.1) is 11.3 Å². The summed E-state index contributed by atoms with van der Waals surface area (Å²) in [5.74, 6) is 0.0997. The van der Waals surface area contributed by atoms with Gasteiger partial charge in [-0.1, -0.05) is 12.1 Å². The van der Waals surface area contributed by atoms with Crippen LogP contribution in [0, 0.1) is 12.7 Å². The van der Waals surface area contributed by atoms with Crippen molar-refractivity contribution in [1.29, 1.82) is 0 Å². The largest absolute Gasteiger partial charge is 0.414 e. The number of thiazole rings is 1. The first-order chi connectivity index (χ1) is 10.2. The number of hydrogen-bond acceptors (Lipinski definition) is 5. The Morgan fingerprint density at radius 2 is 2.00 bits per heavy atom. The average Bonchev–Trinajstić information content (AvgIpc) is 3.15. The molecule has 0 amide bonds. The SMILES string of the molecule is Cc1nc2sccn2c1-c1nnc(-c2ccccc2F)o1. The molecule has 0 fully saturated rings. The molecule has 7 heteroatoms. The predicted molar refractivity (Wildman–Crippen MR) is 76.5 cm³/mol. The summed E-state index contributed by atoms with van der Waals surface area (Å²) < 4.78 is 21.3. The van der Waals surface area contributed by atoms with Gasteiger partial charge in [-0.3, -0.25) is 4.40 Å². The quantitative estimate of drug-likeness (QED) is 0.568. The highest BCUT2D eigenvalue weighted by Gasteiger charge is 2.19. The van der Waals surface area contributed by atoms with Crippen LogP contribution in [-0.4, -0.2) is 19.6 Å². The molecule has 0 N–H and O–H groups in total. The molecular weight excluding hydrogens is 291 g/mol. The molecule has 3 heterocycles. The van der Waals surface area contributed by atoms with Crippen molar-refractivity contribution in [2.24, 2.45) is 0 Å². The lowest BCUT2D eigenvalue weighted by atomic mass is 10.2. The predicted octanol–water partition coefficient (Wildman–Crippen LogP) is 3.56. The number of hydrogen-bond donors (Lipinski definition) is 0. The molecule has 104 valence electrons. The highest BCUT2D eigenvalue weighted by molar-refractivity contribution is 7.15. The van der Waals surface area contributed by atoms with E-state index in [1.807, 2.05) is 22.9 Å². The van der Waals surface area contributed by atoms with Crippen LogP contribution >= 0.6 is 11.3 Å². The normalized spacial score (nSPS) is 11.3. The van der Waals surface area contributed by atoms with Gasteiger partial charge in [-0.15, -0.1) is 21.5 Å². The summed E-state index contributed by atoms with van der Waals surface area (Å²) in [5, 5.41) is 9.90. The van der Waals surface area contributed by atoms with Gasteiger partial charge in [-0.2, -0.15) is 0 Å². The monoisotopic (exact) mass is 300 g/mol. The second-order valence-electron chi connectivity index (χ2n) is 4.49. The first kappa shape index (κ1) is 12.2. The Hall–Kier alpha value is -2.54. The molecular formula is C14H9FN4OS. The fourth-order valence-electron chi connectivity index (χ4n) is 2.21. The molecule has 0 aliphatic carbocycles. The molecule has 0 unspecified atom stereocenters. The van der Waals surface area contributed by atoms with Crippen molar-refractivity contribution >= 4 is 16.3 Å². The van der Waals surface area contributed by atoms with Gasteiger partial charge in [0.15, 0.2) is 4.96 Å². The van der Waals surface area contributed by atoms with E-state index >= 15 is 0 Å². The van der Waals surface area contributed by atoms with Gasteiger partial charge in [0, 0.05) is 11.6 Å². The second kappa shape index (κ2) is 4.49. The van der Waals surface area contributed by atoms with Gasteiger partial charge >= 0.3 is 0 Å². The van der Waals surface area contributed by atoms with E-state index in [4.69, 9.17) is 4.42 Å². The summed E-state index contributed by atoms with van der Waals surface area (Å²) in [5.41, 5.74) is 1.83. The fraction of sp³-hybridized carbons (Fsp3) is 0.0714. The molecule has 3 aromatic heterocycles. The molecule has 0 radical (unpaired) electrons. The van der Waals surface area contributed by atoms with E-state index in [-0.39, 0.29) is 5.89 Å². The Morgan fingerprint density at radius 3 is 2.86 bits per heavy atom. The van der Waals surface area contributed by atoms with Crippen LogP contribution in [0.2, 0.25) is 0 Å². The van der Waals surface area contributed by atoms with Gasteiger partial charge < -0.3 is 4.42 Å². The number of rotatable bonds is 2. The molecule has 0 bridgehead atoms. The maximum Gasteiger partial charge on any atom is 0.266 e. The smallest absolute Gasteiger partial charge is 0.266 e. The van der Waals surface area contributed by atoms with Crippen molar-refractivity contribution in [1.82, 2.24) is 19.6 Å². The first-order valence-electron chi connectivity index (χ1n) is 6.25. The van der Waals surface area contributed by atoms with Gasteiger partial charge in [0.2, 0.25) is 0 Å². The maximum absolute atomic E-state index is 13.8. The third kappa shape index (κ3) is 1.85. The van der Waals surface area contributed by atoms with Crippen LogP contribution in [0.3, 0.4) is 0 Å². The van der Waals surface area contributed by atoms with E-state index in [9.17, 15) is 4.39 Å². The fourth-order valence-corrected chi connectivity index (χ4v) is 2.97. The molecule has 21 heavy (non-hydrogen) atoms. The van der Waals surface area contributed by atoms with Crippen LogP contribution in [0.1, 0.15) is 5.69 Å². The van der Waals surface area contributed by atoms with E-state index in [2.05, 4.69) is 15.2 Å². The van der Waals surface area contributed by atoms with Crippen LogP contribution in [0.25, 0.3) is 28.0 Å². The number of aromatic nitrogens is 4. The number of aryl methyl sites for hydroxylation is 1. The third-order valence-electron chi connectivity index (χ3n) is 3.17. The van der Waals surface area contributed by atoms with Crippen molar-refractivity contribution in [3.05, 3.63) is 47.4 Å². The van der Waals surface area contributed by atoms with Gasteiger partial charge in [-0.05, 0) is 19.1 Å². The molecule has 0 spiro atoms. The summed E-state index contributed by atoms with van der Waals surface area (Å²) in [6.07, 6.45) is 1.89. The van der Waals surface area contributed by atoms with Crippen LogP contribution in [0.15, 0.2) is 40.3 Å². The van der Waals surface area contributed by atoms with Gasteiger partial charge in [0.25, 0.3) is 11.8 Å². The van der Waals surface area contributed by atoms with Crippen LogP contribution < -0.4 is 0 Å². The van der Waals surface area contributed by atoms with Crippen LogP contribution in [0.4, 0.5) is 4.39 Å². The van der Waals surface area contributed by atoms with E-state index < -0.39 is 5.82 Å². The lowest BCUT2D eigenvalue weighted by Gasteiger charge is -1.96. The van der Waals surface area contributed by atoms with Crippen LogP contribution in [-0.2, 0) is 0 Å². The molecule has 0 aliphatic rings.